The van der Waals surface area contributed by atoms with Gasteiger partial charge in [-0.25, -0.2) is 4.98 Å². The fourth-order valence-corrected chi connectivity index (χ4v) is 1.79. The molecule has 0 aliphatic rings. The summed E-state index contributed by atoms with van der Waals surface area (Å²) < 4.78 is 42.8. The molecule has 0 aliphatic carbocycles. The van der Waals surface area contributed by atoms with Crippen LogP contribution in [0.2, 0.25) is 10.3 Å². The predicted octanol–water partition coefficient (Wildman–Crippen LogP) is 4.38. The van der Waals surface area contributed by atoms with E-state index < -0.39 is 17.2 Å². The Bertz CT molecular complexity index is 620. The molecule has 0 unspecified atom stereocenters. The van der Waals surface area contributed by atoms with E-state index in [0.717, 1.165) is 0 Å². The van der Waals surface area contributed by atoms with Gasteiger partial charge in [0, 0.05) is 11.1 Å². The molecule has 1 aromatic heterocycles. The van der Waals surface area contributed by atoms with Gasteiger partial charge in [0.1, 0.15) is 6.61 Å². The summed E-state index contributed by atoms with van der Waals surface area (Å²) in [5.41, 5.74) is -0.459. The summed E-state index contributed by atoms with van der Waals surface area (Å²) in [5.74, 6) is -0.252. The number of nitrogens with zero attached hydrogens (tertiary/aromatic N) is 2. The Morgan fingerprint density at radius 3 is 2.50 bits per heavy atom. The van der Waals surface area contributed by atoms with Crippen molar-refractivity contribution in [3.63, 3.8) is 0 Å². The lowest BCUT2D eigenvalue weighted by molar-refractivity contribution is -0.141. The molecule has 0 spiro atoms. The molecule has 3 nitrogen and oxygen atoms in total. The van der Waals surface area contributed by atoms with E-state index in [2.05, 4.69) is 9.97 Å². The van der Waals surface area contributed by atoms with Crippen LogP contribution in [0.4, 0.5) is 13.2 Å². The highest BCUT2D eigenvalue weighted by atomic mass is 35.5. The van der Waals surface area contributed by atoms with Gasteiger partial charge in [0.15, 0.2) is 5.69 Å². The lowest BCUT2D eigenvalue weighted by atomic mass is 10.2. The van der Waals surface area contributed by atoms with Crippen molar-refractivity contribution in [2.45, 2.75) is 12.8 Å². The van der Waals surface area contributed by atoms with Crippen molar-refractivity contribution < 1.29 is 17.9 Å². The van der Waals surface area contributed by atoms with Gasteiger partial charge in [-0.05, 0) is 29.3 Å². The molecule has 2 aromatic rings. The average Bonchev–Trinajstić information content (AvgIpc) is 2.35. The predicted molar refractivity (Wildman–Crippen MR) is 67.8 cm³/mol. The molecule has 0 saturated carbocycles. The quantitative estimate of drug-likeness (QED) is 0.786. The Hall–Kier alpha value is -1.53. The summed E-state index contributed by atoms with van der Waals surface area (Å²) in [4.78, 5) is 6.69. The number of benzene rings is 1. The first kappa shape index (κ1) is 14.9. The van der Waals surface area contributed by atoms with Crippen molar-refractivity contribution in [3.05, 3.63) is 51.9 Å². The monoisotopic (exact) mass is 322 g/mol. The minimum atomic E-state index is -4.61. The van der Waals surface area contributed by atoms with Crippen LogP contribution in [-0.4, -0.2) is 9.97 Å². The Morgan fingerprint density at radius 2 is 1.85 bits per heavy atom. The Labute approximate surface area is 122 Å². The van der Waals surface area contributed by atoms with Gasteiger partial charge in [-0.3, -0.25) is 0 Å². The molecular weight excluding hydrogens is 316 g/mol. The summed E-state index contributed by atoms with van der Waals surface area (Å²) in [7, 11) is 0. The average molecular weight is 323 g/mol. The second-order valence-electron chi connectivity index (χ2n) is 3.78. The molecule has 106 valence electrons. The second-order valence-corrected chi connectivity index (χ2v) is 4.55. The largest absolute Gasteiger partial charge is 0.473 e. The minimum absolute atomic E-state index is 0.0190. The number of hydrogen-bond acceptors (Lipinski definition) is 3. The highest BCUT2D eigenvalue weighted by Gasteiger charge is 2.33. The summed E-state index contributed by atoms with van der Waals surface area (Å²) in [6, 6.07) is 7.42. The first-order valence-corrected chi connectivity index (χ1v) is 6.09. The zero-order valence-electron chi connectivity index (χ0n) is 9.79. The molecule has 0 fully saturated rings. The molecule has 0 amide bonds. The number of alkyl halides is 3. The van der Waals surface area contributed by atoms with E-state index in [-0.39, 0.29) is 12.5 Å². The van der Waals surface area contributed by atoms with Crippen LogP contribution in [0.5, 0.6) is 5.88 Å². The van der Waals surface area contributed by atoms with Crippen molar-refractivity contribution in [3.8, 4) is 5.88 Å². The molecule has 20 heavy (non-hydrogen) atoms. The van der Waals surface area contributed by atoms with Crippen LogP contribution >= 0.6 is 23.2 Å². The molecular formula is C12H7Cl2F3N2O. The highest BCUT2D eigenvalue weighted by molar-refractivity contribution is 6.30. The fraction of sp³-hybridized carbons (Fsp3) is 0.167. The number of rotatable bonds is 3. The molecule has 0 saturated heterocycles. The highest BCUT2D eigenvalue weighted by Crippen LogP contribution is 2.30. The summed E-state index contributed by atoms with van der Waals surface area (Å²) in [6.45, 7) is 0.0190. The van der Waals surface area contributed by atoms with Gasteiger partial charge in [-0.2, -0.15) is 18.2 Å². The molecule has 0 N–H and O–H groups in total. The van der Waals surface area contributed by atoms with Crippen molar-refractivity contribution in [1.82, 2.24) is 9.97 Å². The molecule has 0 atom stereocenters. The Morgan fingerprint density at radius 1 is 1.10 bits per heavy atom. The van der Waals surface area contributed by atoms with Crippen molar-refractivity contribution in [1.29, 1.82) is 0 Å². The third kappa shape index (κ3) is 3.98. The second kappa shape index (κ2) is 5.85. The van der Waals surface area contributed by atoms with E-state index in [1.165, 1.54) is 0 Å². The summed E-state index contributed by atoms with van der Waals surface area (Å²) in [5, 5.41) is -0.0243. The summed E-state index contributed by atoms with van der Waals surface area (Å²) in [6.07, 6.45) is -4.61. The van der Waals surface area contributed by atoms with Crippen LogP contribution in [0.25, 0.3) is 0 Å². The van der Waals surface area contributed by atoms with E-state index in [1.54, 1.807) is 24.3 Å². The first-order chi connectivity index (χ1) is 9.34. The summed E-state index contributed by atoms with van der Waals surface area (Å²) >= 11 is 11.2. The van der Waals surface area contributed by atoms with Gasteiger partial charge < -0.3 is 4.74 Å². The molecule has 0 bridgehead atoms. The van der Waals surface area contributed by atoms with Crippen LogP contribution in [0.3, 0.4) is 0 Å². The van der Waals surface area contributed by atoms with Gasteiger partial charge in [0.25, 0.3) is 0 Å². The van der Waals surface area contributed by atoms with Gasteiger partial charge in [0.05, 0.1) is 0 Å². The smallest absolute Gasteiger partial charge is 0.433 e. The topological polar surface area (TPSA) is 35.0 Å². The zero-order valence-corrected chi connectivity index (χ0v) is 11.3. The zero-order chi connectivity index (χ0) is 14.8. The standard InChI is InChI=1S/C12H7Cl2F3N2O/c13-8-3-1-2-7(4-8)6-20-10-5-9(12(15,16)17)18-11(14)19-10/h1-5H,6H2. The lowest BCUT2D eigenvalue weighted by Crippen LogP contribution is -2.10. The van der Waals surface area contributed by atoms with E-state index in [4.69, 9.17) is 27.9 Å². The van der Waals surface area contributed by atoms with Crippen molar-refractivity contribution in [2.75, 3.05) is 0 Å². The number of hydrogen-bond donors (Lipinski definition) is 0. The van der Waals surface area contributed by atoms with E-state index in [1.807, 2.05) is 0 Å². The minimum Gasteiger partial charge on any atom is -0.473 e. The Kier molecular flexibility index (Phi) is 4.35. The maximum atomic E-state index is 12.5. The number of ether oxygens (including phenoxy) is 1. The first-order valence-electron chi connectivity index (χ1n) is 5.33. The number of aromatic nitrogens is 2. The maximum absolute atomic E-state index is 12.5. The fourth-order valence-electron chi connectivity index (χ4n) is 1.40. The molecule has 2 rings (SSSR count). The third-order valence-corrected chi connectivity index (χ3v) is 2.65. The van der Waals surface area contributed by atoms with Crippen LogP contribution in [0, 0.1) is 0 Å². The SMILES string of the molecule is FC(F)(F)c1cc(OCc2cccc(Cl)c2)nc(Cl)n1. The van der Waals surface area contributed by atoms with Crippen molar-refractivity contribution >= 4 is 23.2 Å². The van der Waals surface area contributed by atoms with Gasteiger partial charge in [0.2, 0.25) is 11.2 Å². The van der Waals surface area contributed by atoms with Crippen LogP contribution in [0.15, 0.2) is 30.3 Å². The van der Waals surface area contributed by atoms with E-state index in [0.29, 0.717) is 16.7 Å². The maximum Gasteiger partial charge on any atom is 0.433 e. The van der Waals surface area contributed by atoms with Gasteiger partial charge >= 0.3 is 6.18 Å². The lowest BCUT2D eigenvalue weighted by Gasteiger charge is -2.09. The molecule has 1 aromatic carbocycles. The van der Waals surface area contributed by atoms with E-state index >= 15 is 0 Å². The number of halogens is 5. The van der Waals surface area contributed by atoms with Gasteiger partial charge in [-0.15, -0.1) is 0 Å². The van der Waals surface area contributed by atoms with Crippen LogP contribution in [0.1, 0.15) is 11.3 Å². The van der Waals surface area contributed by atoms with Crippen molar-refractivity contribution in [2.24, 2.45) is 0 Å². The molecule has 0 radical (unpaired) electrons. The molecule has 1 heterocycles. The third-order valence-electron chi connectivity index (χ3n) is 2.24. The van der Waals surface area contributed by atoms with Crippen LogP contribution < -0.4 is 4.74 Å². The normalized spacial score (nSPS) is 11.4. The Balaban J connectivity index is 2.16. The van der Waals surface area contributed by atoms with Crippen LogP contribution in [-0.2, 0) is 12.8 Å². The molecule has 0 aliphatic heterocycles. The van der Waals surface area contributed by atoms with E-state index in [9.17, 15) is 13.2 Å². The van der Waals surface area contributed by atoms with Gasteiger partial charge in [-0.1, -0.05) is 23.7 Å². The molecule has 8 heteroatoms.